The van der Waals surface area contributed by atoms with E-state index in [0.717, 1.165) is 12.8 Å². The quantitative estimate of drug-likeness (QED) is 0.729. The van der Waals surface area contributed by atoms with Crippen LogP contribution in [0.5, 0.6) is 0 Å². The fourth-order valence-electron chi connectivity index (χ4n) is 2.46. The van der Waals surface area contributed by atoms with E-state index in [1.165, 1.54) is 0 Å². The Hall–Kier alpha value is -3.35. The molecule has 0 unspecified atom stereocenters. The molecule has 140 valence electrons. The van der Waals surface area contributed by atoms with Crippen LogP contribution in [0.1, 0.15) is 40.5 Å². The lowest BCUT2D eigenvalue weighted by molar-refractivity contribution is 0.0949. The fourth-order valence-corrected chi connectivity index (χ4v) is 2.46. The molecule has 0 radical (unpaired) electrons. The van der Waals surface area contributed by atoms with Crippen LogP contribution in [0.15, 0.2) is 48.5 Å². The summed E-state index contributed by atoms with van der Waals surface area (Å²) >= 11 is 0. The van der Waals surface area contributed by atoms with Crippen LogP contribution in [-0.2, 0) is 4.74 Å². The normalized spacial score (nSPS) is 12.8. The summed E-state index contributed by atoms with van der Waals surface area (Å²) in [6.07, 6.45) is 1.45. The van der Waals surface area contributed by atoms with E-state index in [2.05, 4.69) is 16.0 Å². The Balaban J connectivity index is 1.66. The molecule has 3 amide bonds. The number of benzene rings is 2. The highest BCUT2D eigenvalue weighted by Gasteiger charge is 2.23. The number of carbonyl (C=O) groups is 3. The van der Waals surface area contributed by atoms with Crippen LogP contribution >= 0.6 is 0 Å². The summed E-state index contributed by atoms with van der Waals surface area (Å²) in [6, 6.07) is 13.6. The maximum atomic E-state index is 12.5. The average molecular weight is 367 g/mol. The Kier molecular flexibility index (Phi) is 5.71. The Morgan fingerprint density at radius 3 is 2.11 bits per heavy atom. The average Bonchev–Trinajstić information content (AvgIpc) is 3.46. The molecule has 0 heterocycles. The first-order valence-corrected chi connectivity index (χ1v) is 8.81. The maximum absolute atomic E-state index is 12.5. The molecule has 0 aromatic heterocycles. The summed E-state index contributed by atoms with van der Waals surface area (Å²) in [5, 5.41) is 8.24. The number of amides is 3. The summed E-state index contributed by atoms with van der Waals surface area (Å²) < 4.78 is 4.82. The van der Waals surface area contributed by atoms with Crippen molar-refractivity contribution < 1.29 is 19.1 Å². The Labute approximate surface area is 157 Å². The van der Waals surface area contributed by atoms with E-state index in [1.807, 2.05) is 0 Å². The topological polar surface area (TPSA) is 96.5 Å². The van der Waals surface area contributed by atoms with Crippen LogP contribution < -0.4 is 16.0 Å². The van der Waals surface area contributed by atoms with Crippen LogP contribution in [-0.4, -0.2) is 30.6 Å². The van der Waals surface area contributed by atoms with Gasteiger partial charge in [0, 0.05) is 28.5 Å². The third-order valence-corrected chi connectivity index (χ3v) is 3.94. The number of rotatable bonds is 6. The predicted octanol–water partition coefficient (Wildman–Crippen LogP) is 3.40. The SMILES string of the molecule is CCOC(=O)Nc1cccc(C(=O)Nc2cccc(C(=O)NC3CC3)c2)c1. The summed E-state index contributed by atoms with van der Waals surface area (Å²) in [5.41, 5.74) is 1.85. The Bertz CT molecular complexity index is 862. The smallest absolute Gasteiger partial charge is 0.411 e. The van der Waals surface area contributed by atoms with Crippen LogP contribution in [0.25, 0.3) is 0 Å². The monoisotopic (exact) mass is 367 g/mol. The number of anilines is 2. The van der Waals surface area contributed by atoms with Gasteiger partial charge in [-0.05, 0) is 56.2 Å². The van der Waals surface area contributed by atoms with Crippen LogP contribution in [0, 0.1) is 0 Å². The third kappa shape index (κ3) is 5.31. The minimum Gasteiger partial charge on any atom is -0.450 e. The number of hydrogen-bond donors (Lipinski definition) is 3. The minimum absolute atomic E-state index is 0.144. The largest absolute Gasteiger partial charge is 0.450 e. The molecule has 0 spiro atoms. The molecule has 0 atom stereocenters. The second-order valence-corrected chi connectivity index (χ2v) is 6.21. The van der Waals surface area contributed by atoms with Gasteiger partial charge in [0.25, 0.3) is 11.8 Å². The molecule has 27 heavy (non-hydrogen) atoms. The van der Waals surface area contributed by atoms with Crippen molar-refractivity contribution in [2.45, 2.75) is 25.8 Å². The van der Waals surface area contributed by atoms with E-state index in [0.29, 0.717) is 22.5 Å². The van der Waals surface area contributed by atoms with E-state index in [4.69, 9.17) is 4.74 Å². The molecule has 1 fully saturated rings. The zero-order chi connectivity index (χ0) is 19.2. The zero-order valence-electron chi connectivity index (χ0n) is 15.0. The van der Waals surface area contributed by atoms with Crippen LogP contribution in [0.2, 0.25) is 0 Å². The molecule has 7 heteroatoms. The van der Waals surface area contributed by atoms with Crippen molar-refractivity contribution >= 4 is 29.3 Å². The standard InChI is InChI=1S/C20H21N3O4/c1-2-27-20(26)23-17-8-4-6-14(12-17)19(25)22-16-7-3-5-13(11-16)18(24)21-15-9-10-15/h3-8,11-12,15H,2,9-10H2,1H3,(H,21,24)(H,22,25)(H,23,26). The molecule has 1 saturated carbocycles. The zero-order valence-corrected chi connectivity index (χ0v) is 15.0. The van der Waals surface area contributed by atoms with Gasteiger partial charge in [0.05, 0.1) is 6.61 Å². The molecule has 0 saturated heterocycles. The molecule has 3 N–H and O–H groups in total. The molecule has 1 aliphatic carbocycles. The number of ether oxygens (including phenoxy) is 1. The first kappa shape index (κ1) is 18.4. The molecular formula is C20H21N3O4. The maximum Gasteiger partial charge on any atom is 0.411 e. The summed E-state index contributed by atoms with van der Waals surface area (Å²) in [5.74, 6) is -0.489. The lowest BCUT2D eigenvalue weighted by Gasteiger charge is -2.09. The number of nitrogens with one attached hydrogen (secondary N) is 3. The highest BCUT2D eigenvalue weighted by Crippen LogP contribution is 2.20. The minimum atomic E-state index is -0.579. The van der Waals surface area contributed by atoms with Gasteiger partial charge in [-0.15, -0.1) is 0 Å². The highest BCUT2D eigenvalue weighted by molar-refractivity contribution is 6.06. The van der Waals surface area contributed by atoms with Gasteiger partial charge in [0.15, 0.2) is 0 Å². The second-order valence-electron chi connectivity index (χ2n) is 6.21. The lowest BCUT2D eigenvalue weighted by Crippen LogP contribution is -2.25. The molecule has 2 aromatic rings. The van der Waals surface area contributed by atoms with Gasteiger partial charge in [-0.1, -0.05) is 12.1 Å². The summed E-state index contributed by atoms with van der Waals surface area (Å²) in [6.45, 7) is 1.97. The van der Waals surface area contributed by atoms with Crippen molar-refractivity contribution in [3.8, 4) is 0 Å². The number of hydrogen-bond acceptors (Lipinski definition) is 4. The van der Waals surface area contributed by atoms with Gasteiger partial charge < -0.3 is 15.4 Å². The van der Waals surface area contributed by atoms with Crippen molar-refractivity contribution in [2.24, 2.45) is 0 Å². The molecule has 1 aliphatic rings. The van der Waals surface area contributed by atoms with E-state index >= 15 is 0 Å². The summed E-state index contributed by atoms with van der Waals surface area (Å²) in [7, 11) is 0. The molecule has 7 nitrogen and oxygen atoms in total. The van der Waals surface area contributed by atoms with Gasteiger partial charge in [0.1, 0.15) is 0 Å². The molecule has 0 bridgehead atoms. The van der Waals surface area contributed by atoms with Crippen molar-refractivity contribution in [1.29, 1.82) is 0 Å². The van der Waals surface area contributed by atoms with Crippen molar-refractivity contribution in [2.75, 3.05) is 17.2 Å². The van der Waals surface area contributed by atoms with Gasteiger partial charge in [-0.2, -0.15) is 0 Å². The first-order chi connectivity index (χ1) is 13.0. The van der Waals surface area contributed by atoms with E-state index in [1.54, 1.807) is 55.5 Å². The number of carbonyl (C=O) groups excluding carboxylic acids is 3. The molecular weight excluding hydrogens is 346 g/mol. The predicted molar refractivity (Wildman–Crippen MR) is 102 cm³/mol. The van der Waals surface area contributed by atoms with Gasteiger partial charge in [-0.3, -0.25) is 14.9 Å². The summed E-state index contributed by atoms with van der Waals surface area (Å²) in [4.78, 5) is 36.1. The van der Waals surface area contributed by atoms with E-state index in [-0.39, 0.29) is 24.5 Å². The van der Waals surface area contributed by atoms with Gasteiger partial charge >= 0.3 is 6.09 Å². The molecule has 0 aliphatic heterocycles. The fraction of sp³-hybridized carbons (Fsp3) is 0.250. The molecule has 3 rings (SSSR count). The van der Waals surface area contributed by atoms with E-state index < -0.39 is 6.09 Å². The molecule has 2 aromatic carbocycles. The third-order valence-electron chi connectivity index (χ3n) is 3.94. The van der Waals surface area contributed by atoms with Crippen molar-refractivity contribution in [3.63, 3.8) is 0 Å². The Morgan fingerprint density at radius 2 is 1.52 bits per heavy atom. The van der Waals surface area contributed by atoms with Crippen molar-refractivity contribution in [3.05, 3.63) is 59.7 Å². The van der Waals surface area contributed by atoms with Crippen LogP contribution in [0.4, 0.5) is 16.2 Å². The van der Waals surface area contributed by atoms with Crippen LogP contribution in [0.3, 0.4) is 0 Å². The second kappa shape index (κ2) is 8.35. The van der Waals surface area contributed by atoms with E-state index in [9.17, 15) is 14.4 Å². The first-order valence-electron chi connectivity index (χ1n) is 8.81. The Morgan fingerprint density at radius 1 is 0.926 bits per heavy atom. The van der Waals surface area contributed by atoms with Gasteiger partial charge in [0.2, 0.25) is 0 Å². The van der Waals surface area contributed by atoms with Crippen molar-refractivity contribution in [1.82, 2.24) is 5.32 Å². The lowest BCUT2D eigenvalue weighted by atomic mass is 10.1. The highest BCUT2D eigenvalue weighted by atomic mass is 16.5. The van der Waals surface area contributed by atoms with Gasteiger partial charge in [-0.25, -0.2) is 4.79 Å².